The number of ether oxygens (including phenoxy) is 3. The Labute approximate surface area is 231 Å². The summed E-state index contributed by atoms with van der Waals surface area (Å²) in [6, 6.07) is 16.1. The molecule has 2 heterocycles. The van der Waals surface area contributed by atoms with Gasteiger partial charge in [0.1, 0.15) is 17.3 Å². The number of phenolic OH excluding ortho intramolecular Hbond substituents is 1. The van der Waals surface area contributed by atoms with E-state index in [-0.39, 0.29) is 29.4 Å². The molecule has 1 unspecified atom stereocenters. The number of likely N-dealkylation sites (tertiary alicyclic amines) is 1. The molecule has 5 rings (SSSR count). The van der Waals surface area contributed by atoms with Crippen LogP contribution in [-0.4, -0.2) is 59.2 Å². The fourth-order valence-electron chi connectivity index (χ4n) is 5.09. The molecule has 0 radical (unpaired) electrons. The number of ketones is 1. The van der Waals surface area contributed by atoms with Gasteiger partial charge in [-0.25, -0.2) is 0 Å². The zero-order valence-corrected chi connectivity index (χ0v) is 22.4. The maximum absolute atomic E-state index is 13.5. The van der Waals surface area contributed by atoms with Crippen molar-refractivity contribution in [3.63, 3.8) is 0 Å². The minimum absolute atomic E-state index is 0.0491. The number of aromatic hydroxyl groups is 1. The van der Waals surface area contributed by atoms with Crippen LogP contribution in [0.15, 0.2) is 72.4 Å². The molecule has 1 aromatic heterocycles. The standard InChI is InChI=1S/C31H30N2O7/c1-4-40-26-15-18(8-11-25(26)34)28-27(29(35)19-6-5-7-21(14-19)38-2)30(36)31(37)33(28)13-12-20-17-32-24-10-9-22(39-3)16-23(20)24/h5-11,14-17,28,32,34-35H,4,12-13H2,1-3H3/b29-27-. The van der Waals surface area contributed by atoms with E-state index in [0.717, 1.165) is 16.5 Å². The zero-order valence-electron chi connectivity index (χ0n) is 22.4. The fourth-order valence-corrected chi connectivity index (χ4v) is 5.09. The summed E-state index contributed by atoms with van der Waals surface area (Å²) in [5.41, 5.74) is 2.68. The first-order chi connectivity index (χ1) is 19.4. The maximum atomic E-state index is 13.5. The topological polar surface area (TPSA) is 121 Å². The van der Waals surface area contributed by atoms with E-state index in [1.165, 1.54) is 18.1 Å². The summed E-state index contributed by atoms with van der Waals surface area (Å²) in [6.45, 7) is 2.29. The van der Waals surface area contributed by atoms with Gasteiger partial charge in [0, 0.05) is 29.2 Å². The molecule has 1 fully saturated rings. The molecular formula is C31H30N2O7. The van der Waals surface area contributed by atoms with Crippen LogP contribution in [0.4, 0.5) is 0 Å². The van der Waals surface area contributed by atoms with Crippen LogP contribution in [0.5, 0.6) is 23.0 Å². The van der Waals surface area contributed by atoms with Gasteiger partial charge in [0.2, 0.25) is 0 Å². The van der Waals surface area contributed by atoms with Crippen LogP contribution in [0.2, 0.25) is 0 Å². The molecule has 3 aromatic carbocycles. The van der Waals surface area contributed by atoms with Crippen LogP contribution in [0.25, 0.3) is 16.7 Å². The van der Waals surface area contributed by atoms with Crippen molar-refractivity contribution in [2.24, 2.45) is 0 Å². The number of aromatic nitrogens is 1. The minimum atomic E-state index is -0.911. The summed E-state index contributed by atoms with van der Waals surface area (Å²) in [6.07, 6.45) is 2.31. The molecule has 1 amide bonds. The smallest absolute Gasteiger partial charge is 0.295 e. The molecule has 3 N–H and O–H groups in total. The van der Waals surface area contributed by atoms with Gasteiger partial charge in [0.25, 0.3) is 11.7 Å². The van der Waals surface area contributed by atoms with Gasteiger partial charge < -0.3 is 34.3 Å². The van der Waals surface area contributed by atoms with Gasteiger partial charge in [-0.05, 0) is 66.9 Å². The van der Waals surface area contributed by atoms with E-state index < -0.39 is 17.7 Å². The summed E-state index contributed by atoms with van der Waals surface area (Å²) in [5.74, 6) is -0.478. The van der Waals surface area contributed by atoms with E-state index in [1.807, 2.05) is 24.4 Å². The Morgan fingerprint density at radius 1 is 1.00 bits per heavy atom. The highest BCUT2D eigenvalue weighted by Gasteiger charge is 2.46. The molecule has 40 heavy (non-hydrogen) atoms. The van der Waals surface area contributed by atoms with Gasteiger partial charge in [-0.1, -0.05) is 18.2 Å². The molecule has 1 aliphatic rings. The maximum Gasteiger partial charge on any atom is 0.295 e. The zero-order chi connectivity index (χ0) is 28.4. The lowest BCUT2D eigenvalue weighted by Gasteiger charge is -2.26. The predicted molar refractivity (Wildman–Crippen MR) is 150 cm³/mol. The van der Waals surface area contributed by atoms with Gasteiger partial charge in [0.15, 0.2) is 11.5 Å². The van der Waals surface area contributed by atoms with E-state index in [0.29, 0.717) is 35.7 Å². The number of nitrogens with zero attached hydrogens (tertiary/aromatic N) is 1. The number of phenols is 1. The van der Waals surface area contributed by atoms with Gasteiger partial charge in [-0.2, -0.15) is 0 Å². The van der Waals surface area contributed by atoms with Crippen LogP contribution >= 0.6 is 0 Å². The Morgan fingerprint density at radius 3 is 2.52 bits per heavy atom. The third-order valence-corrected chi connectivity index (χ3v) is 7.08. The Balaban J connectivity index is 1.59. The first-order valence-electron chi connectivity index (χ1n) is 12.9. The number of fused-ring (bicyclic) bond motifs is 1. The molecule has 1 atom stereocenters. The van der Waals surface area contributed by atoms with Gasteiger partial charge in [-0.15, -0.1) is 0 Å². The number of H-pyrrole nitrogens is 1. The van der Waals surface area contributed by atoms with E-state index in [1.54, 1.807) is 50.4 Å². The third kappa shape index (κ3) is 4.82. The highest BCUT2D eigenvalue weighted by Crippen LogP contribution is 2.42. The number of hydrogen-bond acceptors (Lipinski definition) is 7. The average Bonchev–Trinajstić information content (AvgIpc) is 3.49. The number of aromatic amines is 1. The van der Waals surface area contributed by atoms with E-state index in [2.05, 4.69) is 4.98 Å². The lowest BCUT2D eigenvalue weighted by atomic mass is 9.94. The number of methoxy groups -OCH3 is 2. The van der Waals surface area contributed by atoms with Gasteiger partial charge in [-0.3, -0.25) is 9.59 Å². The SMILES string of the molecule is CCOc1cc(C2/C(=C(/O)c3cccc(OC)c3)C(=O)C(=O)N2CCc2c[nH]c3ccc(OC)cc23)ccc1O. The average molecular weight is 543 g/mol. The van der Waals surface area contributed by atoms with Crippen LogP contribution in [0, 0.1) is 0 Å². The van der Waals surface area contributed by atoms with E-state index in [9.17, 15) is 19.8 Å². The summed E-state index contributed by atoms with van der Waals surface area (Å²) in [7, 11) is 3.10. The monoisotopic (exact) mass is 542 g/mol. The summed E-state index contributed by atoms with van der Waals surface area (Å²) >= 11 is 0. The van der Waals surface area contributed by atoms with Crippen molar-refractivity contribution in [1.82, 2.24) is 9.88 Å². The number of benzene rings is 3. The lowest BCUT2D eigenvalue weighted by Crippen LogP contribution is -2.31. The van der Waals surface area contributed by atoms with Crippen molar-refractivity contribution in [3.05, 3.63) is 89.1 Å². The second kappa shape index (κ2) is 11.1. The third-order valence-electron chi connectivity index (χ3n) is 7.08. The number of hydrogen-bond donors (Lipinski definition) is 3. The Kier molecular flexibility index (Phi) is 7.37. The lowest BCUT2D eigenvalue weighted by molar-refractivity contribution is -0.139. The molecule has 9 heteroatoms. The molecule has 9 nitrogen and oxygen atoms in total. The Morgan fingerprint density at radius 2 is 1.77 bits per heavy atom. The molecule has 1 aliphatic heterocycles. The van der Waals surface area contributed by atoms with Crippen LogP contribution in [0.3, 0.4) is 0 Å². The summed E-state index contributed by atoms with van der Waals surface area (Å²) in [4.78, 5) is 31.6. The highest BCUT2D eigenvalue weighted by atomic mass is 16.5. The molecule has 0 bridgehead atoms. The second-order valence-corrected chi connectivity index (χ2v) is 9.36. The number of carbonyl (C=O) groups excluding carboxylic acids is 2. The highest BCUT2D eigenvalue weighted by molar-refractivity contribution is 6.46. The molecule has 0 saturated carbocycles. The number of rotatable bonds is 9. The predicted octanol–water partition coefficient (Wildman–Crippen LogP) is 4.95. The number of amides is 1. The molecule has 4 aromatic rings. The quantitative estimate of drug-likeness (QED) is 0.155. The first kappa shape index (κ1) is 26.7. The van der Waals surface area contributed by atoms with E-state index >= 15 is 0 Å². The largest absolute Gasteiger partial charge is 0.507 e. The molecule has 0 spiro atoms. The molecule has 1 saturated heterocycles. The number of aliphatic hydroxyl groups is 1. The summed E-state index contributed by atoms with van der Waals surface area (Å²) in [5, 5.41) is 22.6. The summed E-state index contributed by atoms with van der Waals surface area (Å²) < 4.78 is 16.2. The van der Waals surface area contributed by atoms with Crippen molar-refractivity contribution >= 4 is 28.4 Å². The van der Waals surface area contributed by atoms with E-state index in [4.69, 9.17) is 14.2 Å². The van der Waals surface area contributed by atoms with Crippen molar-refractivity contribution < 1.29 is 34.0 Å². The molecule has 0 aliphatic carbocycles. The van der Waals surface area contributed by atoms with Crippen LogP contribution in [-0.2, 0) is 16.0 Å². The van der Waals surface area contributed by atoms with Crippen molar-refractivity contribution in [3.8, 4) is 23.0 Å². The fraction of sp³-hybridized carbons (Fsp3) is 0.226. The van der Waals surface area contributed by atoms with Crippen molar-refractivity contribution in [2.75, 3.05) is 27.4 Å². The second-order valence-electron chi connectivity index (χ2n) is 9.36. The van der Waals surface area contributed by atoms with Crippen molar-refractivity contribution in [1.29, 1.82) is 0 Å². The molecular weight excluding hydrogens is 512 g/mol. The Bertz CT molecular complexity index is 1620. The van der Waals surface area contributed by atoms with Crippen LogP contribution in [0.1, 0.15) is 29.7 Å². The number of aliphatic hydroxyl groups excluding tert-OH is 1. The number of carbonyl (C=O) groups is 2. The first-order valence-corrected chi connectivity index (χ1v) is 12.9. The van der Waals surface area contributed by atoms with Gasteiger partial charge >= 0.3 is 0 Å². The number of Topliss-reactive ketones (excluding diaryl/α,β-unsaturated/α-hetero) is 1. The normalized spacial score (nSPS) is 16.5. The minimum Gasteiger partial charge on any atom is -0.507 e. The molecule has 206 valence electrons. The number of nitrogens with one attached hydrogen (secondary N) is 1. The van der Waals surface area contributed by atoms with Gasteiger partial charge in [0.05, 0.1) is 32.4 Å². The van der Waals surface area contributed by atoms with Crippen LogP contribution < -0.4 is 14.2 Å². The van der Waals surface area contributed by atoms with Crippen molar-refractivity contribution in [2.45, 2.75) is 19.4 Å². The Hall–Kier alpha value is -4.92.